The van der Waals surface area contributed by atoms with E-state index in [9.17, 15) is 29.1 Å². The molecule has 11 N–H and O–H groups in total. The van der Waals surface area contributed by atoms with E-state index in [2.05, 4.69) is 20.9 Å². The van der Waals surface area contributed by atoms with Gasteiger partial charge in [-0.15, -0.1) is 0 Å². The maximum absolute atomic E-state index is 12.5. The summed E-state index contributed by atoms with van der Waals surface area (Å²) in [5, 5.41) is 25.1. The van der Waals surface area contributed by atoms with E-state index in [0.717, 1.165) is 0 Å². The largest absolute Gasteiger partial charge is 0.481 e. The zero-order valence-electron chi connectivity index (χ0n) is 18.3. The van der Waals surface area contributed by atoms with Crippen LogP contribution in [0.5, 0.6) is 0 Å². The quantitative estimate of drug-likeness (QED) is 0.0744. The Morgan fingerprint density at radius 3 is 1.91 bits per heavy atom. The minimum Gasteiger partial charge on any atom is -0.481 e. The van der Waals surface area contributed by atoms with Crippen molar-refractivity contribution >= 4 is 35.6 Å². The lowest BCUT2D eigenvalue weighted by atomic mass is 10.0. The fourth-order valence-electron chi connectivity index (χ4n) is 2.39. The highest BCUT2D eigenvalue weighted by atomic mass is 16.4. The first-order valence-electron chi connectivity index (χ1n) is 9.92. The zero-order valence-corrected chi connectivity index (χ0v) is 18.3. The number of carbonyl (C=O) groups is 5. The summed E-state index contributed by atoms with van der Waals surface area (Å²) < 4.78 is 0. The summed E-state index contributed by atoms with van der Waals surface area (Å²) in [6.07, 6.45) is -0.612. The summed E-state index contributed by atoms with van der Waals surface area (Å²) >= 11 is 0. The molecule has 32 heavy (non-hydrogen) atoms. The third kappa shape index (κ3) is 11.1. The number of aliphatic imine (C=N–C) groups is 1. The molecule has 3 amide bonds. The van der Waals surface area contributed by atoms with E-state index in [1.807, 2.05) is 0 Å². The lowest BCUT2D eigenvalue weighted by molar-refractivity contribution is -0.143. The van der Waals surface area contributed by atoms with Crippen LogP contribution >= 0.6 is 0 Å². The number of aliphatic carboxylic acids is 2. The second-order valence-corrected chi connectivity index (χ2v) is 7.51. The van der Waals surface area contributed by atoms with Crippen LogP contribution in [0.15, 0.2) is 4.99 Å². The van der Waals surface area contributed by atoms with Gasteiger partial charge in [-0.3, -0.25) is 24.2 Å². The highest BCUT2D eigenvalue weighted by Gasteiger charge is 2.30. The van der Waals surface area contributed by atoms with Crippen molar-refractivity contribution in [3.05, 3.63) is 0 Å². The molecule has 14 nitrogen and oxygen atoms in total. The normalized spacial score (nSPS) is 14.4. The summed E-state index contributed by atoms with van der Waals surface area (Å²) in [4.78, 5) is 63.1. The number of carbonyl (C=O) groups excluding carboxylic acids is 3. The van der Waals surface area contributed by atoms with E-state index < -0.39 is 60.2 Å². The molecule has 0 fully saturated rings. The Kier molecular flexibility index (Phi) is 12.3. The number of amides is 3. The molecule has 0 heterocycles. The molecule has 0 aromatic rings. The first-order valence-corrected chi connectivity index (χ1v) is 9.92. The van der Waals surface area contributed by atoms with Crippen molar-refractivity contribution in [2.75, 3.05) is 6.54 Å². The van der Waals surface area contributed by atoms with Gasteiger partial charge in [-0.2, -0.15) is 0 Å². The lowest BCUT2D eigenvalue weighted by Crippen LogP contribution is -2.57. The van der Waals surface area contributed by atoms with Gasteiger partial charge in [0.15, 0.2) is 5.96 Å². The molecule has 0 aliphatic rings. The number of guanidine groups is 1. The summed E-state index contributed by atoms with van der Waals surface area (Å²) in [7, 11) is 0. The monoisotopic (exact) mass is 459 g/mol. The number of nitrogens with two attached hydrogens (primary N) is 3. The van der Waals surface area contributed by atoms with Crippen molar-refractivity contribution in [3.8, 4) is 0 Å². The van der Waals surface area contributed by atoms with Gasteiger partial charge in [-0.05, 0) is 25.7 Å². The standard InChI is InChI=1S/C18H33N7O7/c1-8(2)13(19)16(30)23-9(3)14(28)25-11(7-12(26)27)15(29)24-10(17(31)32)5-4-6-22-18(20)21/h8-11,13H,4-7,19H2,1-3H3,(H,23,30)(H,24,29)(H,25,28)(H,26,27)(H,31,32)(H4,20,21,22). The van der Waals surface area contributed by atoms with Crippen LogP contribution in [0.2, 0.25) is 0 Å². The Morgan fingerprint density at radius 1 is 0.875 bits per heavy atom. The van der Waals surface area contributed by atoms with Crippen molar-refractivity contribution in [2.45, 2.75) is 64.2 Å². The van der Waals surface area contributed by atoms with Crippen LogP contribution < -0.4 is 33.2 Å². The maximum atomic E-state index is 12.5. The van der Waals surface area contributed by atoms with Gasteiger partial charge >= 0.3 is 11.9 Å². The molecular weight excluding hydrogens is 426 g/mol. The van der Waals surface area contributed by atoms with Crippen LogP contribution in [0.3, 0.4) is 0 Å². The molecule has 14 heteroatoms. The molecule has 0 saturated carbocycles. The van der Waals surface area contributed by atoms with Crippen molar-refractivity contribution in [1.82, 2.24) is 16.0 Å². The number of rotatable bonds is 14. The molecule has 0 aliphatic heterocycles. The fraction of sp³-hybridized carbons (Fsp3) is 0.667. The Hall–Kier alpha value is -3.42. The molecule has 0 aliphatic carbocycles. The molecule has 0 radical (unpaired) electrons. The van der Waals surface area contributed by atoms with Crippen molar-refractivity contribution < 1.29 is 34.2 Å². The Morgan fingerprint density at radius 2 is 1.44 bits per heavy atom. The fourth-order valence-corrected chi connectivity index (χ4v) is 2.39. The van der Waals surface area contributed by atoms with E-state index in [4.69, 9.17) is 22.3 Å². The van der Waals surface area contributed by atoms with Gasteiger partial charge in [0.05, 0.1) is 12.5 Å². The van der Waals surface area contributed by atoms with E-state index >= 15 is 0 Å². The number of nitrogens with one attached hydrogen (secondary N) is 3. The maximum Gasteiger partial charge on any atom is 0.326 e. The van der Waals surface area contributed by atoms with Gasteiger partial charge in [0.2, 0.25) is 17.7 Å². The average molecular weight is 460 g/mol. The molecule has 4 atom stereocenters. The topological polar surface area (TPSA) is 252 Å². The summed E-state index contributed by atoms with van der Waals surface area (Å²) in [5.74, 6) is -5.54. The number of carboxylic acid groups (broad SMARTS) is 2. The van der Waals surface area contributed by atoms with Gasteiger partial charge in [-0.1, -0.05) is 13.8 Å². The van der Waals surface area contributed by atoms with E-state index in [1.165, 1.54) is 6.92 Å². The van der Waals surface area contributed by atoms with E-state index in [-0.39, 0.29) is 31.3 Å². The Labute approximate surface area is 185 Å². The molecule has 4 unspecified atom stereocenters. The van der Waals surface area contributed by atoms with Gasteiger partial charge < -0.3 is 43.4 Å². The van der Waals surface area contributed by atoms with Gasteiger partial charge in [0.1, 0.15) is 18.1 Å². The van der Waals surface area contributed by atoms with Crippen LogP contribution in [-0.4, -0.2) is 76.5 Å². The minimum absolute atomic E-state index is 0.0366. The molecule has 0 rings (SSSR count). The first kappa shape index (κ1) is 28.6. The van der Waals surface area contributed by atoms with Gasteiger partial charge in [-0.25, -0.2) is 4.79 Å². The molecule has 0 spiro atoms. The van der Waals surface area contributed by atoms with Crippen LogP contribution in [-0.2, 0) is 24.0 Å². The highest BCUT2D eigenvalue weighted by molar-refractivity contribution is 5.95. The van der Waals surface area contributed by atoms with Crippen molar-refractivity contribution in [3.63, 3.8) is 0 Å². The second-order valence-electron chi connectivity index (χ2n) is 7.51. The minimum atomic E-state index is -1.57. The predicted octanol–water partition coefficient (Wildman–Crippen LogP) is -2.94. The predicted molar refractivity (Wildman–Crippen MR) is 114 cm³/mol. The van der Waals surface area contributed by atoms with Crippen LogP contribution in [0.25, 0.3) is 0 Å². The number of nitrogens with zero attached hydrogens (tertiary/aromatic N) is 1. The van der Waals surface area contributed by atoms with Crippen molar-refractivity contribution in [2.24, 2.45) is 28.1 Å². The number of hydrogen-bond donors (Lipinski definition) is 8. The van der Waals surface area contributed by atoms with Crippen LogP contribution in [0, 0.1) is 5.92 Å². The second kappa shape index (κ2) is 13.8. The smallest absolute Gasteiger partial charge is 0.326 e. The lowest BCUT2D eigenvalue weighted by Gasteiger charge is -2.23. The van der Waals surface area contributed by atoms with E-state index in [0.29, 0.717) is 0 Å². The molecule has 0 saturated heterocycles. The van der Waals surface area contributed by atoms with E-state index in [1.54, 1.807) is 13.8 Å². The zero-order chi connectivity index (χ0) is 25.0. The Balaban J connectivity index is 5.13. The number of hydrogen-bond acceptors (Lipinski definition) is 7. The molecule has 0 bridgehead atoms. The molecule has 182 valence electrons. The first-order chi connectivity index (χ1) is 14.8. The third-order valence-corrected chi connectivity index (χ3v) is 4.34. The summed E-state index contributed by atoms with van der Waals surface area (Å²) in [6.45, 7) is 4.91. The molecule has 0 aromatic carbocycles. The average Bonchev–Trinajstić information content (AvgIpc) is 2.67. The molecule has 0 aromatic heterocycles. The highest BCUT2D eigenvalue weighted by Crippen LogP contribution is 2.03. The number of carboxylic acids is 2. The van der Waals surface area contributed by atoms with Crippen LogP contribution in [0.1, 0.15) is 40.0 Å². The summed E-state index contributed by atoms with van der Waals surface area (Å²) in [6, 6.07) is -4.91. The third-order valence-electron chi connectivity index (χ3n) is 4.34. The van der Waals surface area contributed by atoms with Gasteiger partial charge in [0, 0.05) is 6.54 Å². The molecular formula is C18H33N7O7. The van der Waals surface area contributed by atoms with Crippen LogP contribution in [0.4, 0.5) is 0 Å². The summed E-state index contributed by atoms with van der Waals surface area (Å²) in [5.41, 5.74) is 16.1. The Bertz CT molecular complexity index is 722. The van der Waals surface area contributed by atoms with Gasteiger partial charge in [0.25, 0.3) is 0 Å². The van der Waals surface area contributed by atoms with Crippen molar-refractivity contribution in [1.29, 1.82) is 0 Å². The SMILES string of the molecule is CC(NC(=O)C(N)C(C)C)C(=O)NC(CC(=O)O)C(=O)NC(CCCN=C(N)N)C(=O)O.